The lowest BCUT2D eigenvalue weighted by molar-refractivity contribution is -0.114. The fourth-order valence-electron chi connectivity index (χ4n) is 2.30. The molecule has 2 aliphatic carbocycles. The van der Waals surface area contributed by atoms with E-state index in [4.69, 9.17) is 10.6 Å². The first-order valence-electron chi connectivity index (χ1n) is 8.81. The molecule has 0 aliphatic heterocycles. The van der Waals surface area contributed by atoms with Gasteiger partial charge < -0.3 is 21.2 Å². The molecule has 4 N–H and O–H groups in total. The summed E-state index contributed by atoms with van der Waals surface area (Å²) in [6.07, 6.45) is 5.30. The van der Waals surface area contributed by atoms with Crippen molar-refractivity contribution < 1.29 is 14.3 Å². The van der Waals surface area contributed by atoms with Crippen molar-refractivity contribution in [2.45, 2.75) is 44.7 Å². The number of hydrogen-bond acceptors (Lipinski definition) is 6. The fourth-order valence-corrected chi connectivity index (χ4v) is 2.30. The summed E-state index contributed by atoms with van der Waals surface area (Å²) >= 11 is 0. The van der Waals surface area contributed by atoms with Crippen molar-refractivity contribution >= 4 is 29.4 Å². The molecular weight excluding hydrogens is 334 g/mol. The molecule has 138 valence electrons. The number of nitrogens with two attached hydrogens (primary N) is 1. The van der Waals surface area contributed by atoms with Crippen LogP contribution in [0.5, 0.6) is 5.75 Å². The summed E-state index contributed by atoms with van der Waals surface area (Å²) in [4.78, 5) is 28.5. The Bertz CT molecular complexity index is 751. The number of ether oxygens (including phenoxy) is 1. The van der Waals surface area contributed by atoms with E-state index >= 15 is 0 Å². The van der Waals surface area contributed by atoms with Crippen LogP contribution in [-0.2, 0) is 4.79 Å². The van der Waals surface area contributed by atoms with Crippen LogP contribution in [0.25, 0.3) is 0 Å². The topological polar surface area (TPSA) is 118 Å². The van der Waals surface area contributed by atoms with E-state index in [2.05, 4.69) is 20.7 Å². The van der Waals surface area contributed by atoms with Gasteiger partial charge in [0.15, 0.2) is 5.71 Å². The van der Waals surface area contributed by atoms with Crippen molar-refractivity contribution in [1.82, 2.24) is 10.6 Å². The van der Waals surface area contributed by atoms with Gasteiger partial charge in [-0.15, -0.1) is 0 Å². The van der Waals surface area contributed by atoms with E-state index in [-0.39, 0.29) is 29.6 Å². The molecule has 2 aliphatic rings. The quantitative estimate of drug-likeness (QED) is 0.369. The summed E-state index contributed by atoms with van der Waals surface area (Å²) in [5, 5.41) is 9.23. The number of hydrogen-bond donors (Lipinski definition) is 3. The molecule has 0 unspecified atom stereocenters. The van der Waals surface area contributed by atoms with Gasteiger partial charge in [0.25, 0.3) is 11.8 Å². The molecule has 3 rings (SSSR count). The average molecular weight is 357 g/mol. The Hall–Kier alpha value is -2.90. The molecule has 1 aromatic rings. The molecule has 0 atom stereocenters. The zero-order valence-corrected chi connectivity index (χ0v) is 14.7. The van der Waals surface area contributed by atoms with E-state index in [1.54, 1.807) is 18.2 Å². The second-order valence-corrected chi connectivity index (χ2v) is 6.38. The maximum Gasteiger partial charge on any atom is 0.273 e. The number of aliphatic imine (C=N–C) groups is 1. The van der Waals surface area contributed by atoms with E-state index in [1.165, 1.54) is 6.21 Å². The molecule has 2 amide bonds. The Morgan fingerprint density at radius 1 is 1.23 bits per heavy atom. The van der Waals surface area contributed by atoms with Crippen LogP contribution in [-0.4, -0.2) is 42.4 Å². The largest absolute Gasteiger partial charge is 0.492 e. The van der Waals surface area contributed by atoms with E-state index in [0.717, 1.165) is 25.7 Å². The number of nitrogens with one attached hydrogen (secondary N) is 2. The highest BCUT2D eigenvalue weighted by atomic mass is 16.5. The molecule has 8 nitrogen and oxygen atoms in total. The standard InChI is InChI=1S/C18H23N5O3/c1-2-26-16-9-11(17(24)21-12-4-5-12)3-8-14(16)20-10-15(23-19)18(25)22-13-6-7-13/h3,8-10,12-13H,2,4-7,19H2,1H3,(H,21,24)(H,22,25). The van der Waals surface area contributed by atoms with Crippen LogP contribution >= 0.6 is 0 Å². The van der Waals surface area contributed by atoms with Crippen molar-refractivity contribution in [2.75, 3.05) is 6.61 Å². The van der Waals surface area contributed by atoms with Gasteiger partial charge >= 0.3 is 0 Å². The number of nitrogens with zero attached hydrogens (tertiary/aromatic N) is 2. The minimum Gasteiger partial charge on any atom is -0.492 e. The summed E-state index contributed by atoms with van der Waals surface area (Å²) in [5.74, 6) is 5.28. The maximum atomic E-state index is 12.2. The molecule has 0 saturated heterocycles. The van der Waals surface area contributed by atoms with Crippen molar-refractivity contribution in [2.24, 2.45) is 15.9 Å². The first-order chi connectivity index (χ1) is 12.6. The lowest BCUT2D eigenvalue weighted by Crippen LogP contribution is -2.34. The number of amides is 2. The summed E-state index contributed by atoms with van der Waals surface area (Å²) in [6.45, 7) is 2.27. The second-order valence-electron chi connectivity index (χ2n) is 6.38. The third-order valence-electron chi connectivity index (χ3n) is 4.04. The normalized spacial score (nSPS) is 17.2. The minimum absolute atomic E-state index is 0.0369. The van der Waals surface area contributed by atoms with Crippen molar-refractivity contribution in [1.29, 1.82) is 0 Å². The molecular formula is C18H23N5O3. The Kier molecular flexibility index (Phi) is 5.50. The highest BCUT2D eigenvalue weighted by Gasteiger charge is 2.25. The minimum atomic E-state index is -0.350. The number of carbonyl (C=O) groups excluding carboxylic acids is 2. The number of benzene rings is 1. The monoisotopic (exact) mass is 357 g/mol. The van der Waals surface area contributed by atoms with Gasteiger partial charge in [-0.3, -0.25) is 14.6 Å². The highest BCUT2D eigenvalue weighted by molar-refractivity contribution is 6.60. The molecule has 2 fully saturated rings. The fraction of sp³-hybridized carbons (Fsp3) is 0.444. The van der Waals surface area contributed by atoms with Gasteiger partial charge in [0.1, 0.15) is 11.4 Å². The SMILES string of the molecule is CCOc1cc(C(=O)NC2CC2)ccc1N=CC(=NN)C(=O)NC1CC1. The smallest absolute Gasteiger partial charge is 0.273 e. The average Bonchev–Trinajstić information content (AvgIpc) is 3.53. The summed E-state index contributed by atoms with van der Waals surface area (Å²) in [6, 6.07) is 5.49. The predicted octanol–water partition coefficient (Wildman–Crippen LogP) is 1.27. The van der Waals surface area contributed by atoms with E-state index in [9.17, 15) is 9.59 Å². The van der Waals surface area contributed by atoms with Crippen molar-refractivity contribution in [3.8, 4) is 5.75 Å². The number of rotatable bonds is 8. The van der Waals surface area contributed by atoms with Crippen LogP contribution in [0.3, 0.4) is 0 Å². The summed E-state index contributed by atoms with van der Waals surface area (Å²) < 4.78 is 5.58. The maximum absolute atomic E-state index is 12.2. The Labute approximate surface area is 151 Å². The number of hydrazone groups is 1. The van der Waals surface area contributed by atoms with Crippen LogP contribution in [0.2, 0.25) is 0 Å². The Balaban J connectivity index is 1.74. The lowest BCUT2D eigenvalue weighted by Gasteiger charge is -2.10. The first kappa shape index (κ1) is 17.9. The van der Waals surface area contributed by atoms with Crippen molar-refractivity contribution in [3.05, 3.63) is 23.8 Å². The van der Waals surface area contributed by atoms with Crippen LogP contribution in [0.4, 0.5) is 5.69 Å². The molecule has 0 spiro atoms. The molecule has 1 aromatic carbocycles. The zero-order valence-electron chi connectivity index (χ0n) is 14.7. The molecule has 0 aromatic heterocycles. The van der Waals surface area contributed by atoms with Gasteiger partial charge in [0.2, 0.25) is 0 Å². The second kappa shape index (κ2) is 7.99. The predicted molar refractivity (Wildman–Crippen MR) is 99.0 cm³/mol. The van der Waals surface area contributed by atoms with Crippen LogP contribution in [0.1, 0.15) is 43.0 Å². The van der Waals surface area contributed by atoms with E-state index < -0.39 is 0 Å². The molecule has 2 saturated carbocycles. The van der Waals surface area contributed by atoms with Crippen LogP contribution < -0.4 is 21.2 Å². The molecule has 26 heavy (non-hydrogen) atoms. The van der Waals surface area contributed by atoms with Gasteiger partial charge in [-0.05, 0) is 50.8 Å². The van der Waals surface area contributed by atoms with Gasteiger partial charge in [0.05, 0.1) is 12.8 Å². The lowest BCUT2D eigenvalue weighted by atomic mass is 10.1. The Morgan fingerprint density at radius 2 is 1.92 bits per heavy atom. The summed E-state index contributed by atoms with van der Waals surface area (Å²) in [5.41, 5.74) is 1.04. The summed E-state index contributed by atoms with van der Waals surface area (Å²) in [7, 11) is 0. The van der Waals surface area contributed by atoms with Gasteiger partial charge in [-0.2, -0.15) is 5.10 Å². The zero-order chi connectivity index (χ0) is 18.5. The molecule has 0 bridgehead atoms. The third-order valence-corrected chi connectivity index (χ3v) is 4.04. The van der Waals surface area contributed by atoms with E-state index in [1.807, 2.05) is 6.92 Å². The molecule has 8 heteroatoms. The van der Waals surface area contributed by atoms with Crippen molar-refractivity contribution in [3.63, 3.8) is 0 Å². The molecule has 0 heterocycles. The third kappa shape index (κ3) is 4.81. The van der Waals surface area contributed by atoms with Gasteiger partial charge in [-0.1, -0.05) is 0 Å². The first-order valence-corrected chi connectivity index (χ1v) is 8.81. The van der Waals surface area contributed by atoms with Crippen LogP contribution in [0, 0.1) is 0 Å². The molecule has 0 radical (unpaired) electrons. The van der Waals surface area contributed by atoms with Gasteiger partial charge in [-0.25, -0.2) is 0 Å². The Morgan fingerprint density at radius 3 is 2.54 bits per heavy atom. The number of carbonyl (C=O) groups is 2. The highest BCUT2D eigenvalue weighted by Crippen LogP contribution is 2.29. The van der Waals surface area contributed by atoms with E-state index in [0.29, 0.717) is 23.6 Å². The van der Waals surface area contributed by atoms with Gasteiger partial charge in [0, 0.05) is 17.6 Å². The van der Waals surface area contributed by atoms with Crippen LogP contribution in [0.15, 0.2) is 28.3 Å².